The van der Waals surface area contributed by atoms with Gasteiger partial charge in [0.2, 0.25) is 0 Å². The molecule has 0 aromatic carbocycles. The average Bonchev–Trinajstić information content (AvgIpc) is 1.94. The van der Waals surface area contributed by atoms with Crippen LogP contribution in [-0.2, 0) is 0 Å². The Labute approximate surface area is 71.0 Å². The molecule has 0 spiro atoms. The van der Waals surface area contributed by atoms with Crippen LogP contribution in [0.25, 0.3) is 0 Å². The molecule has 1 fully saturated rings. The van der Waals surface area contributed by atoms with Gasteiger partial charge in [0.05, 0.1) is 0 Å². The van der Waals surface area contributed by atoms with Crippen molar-refractivity contribution in [2.75, 3.05) is 19.6 Å². The van der Waals surface area contributed by atoms with Crippen LogP contribution >= 0.6 is 0 Å². The molecule has 1 aliphatic heterocycles. The lowest BCUT2D eigenvalue weighted by atomic mass is 10.1. The first-order valence-electron chi connectivity index (χ1n) is 4.36. The van der Waals surface area contributed by atoms with E-state index in [1.807, 2.05) is 4.81 Å². The van der Waals surface area contributed by atoms with Gasteiger partial charge in [0, 0.05) is 25.2 Å². The van der Waals surface area contributed by atoms with Crippen LogP contribution < -0.4 is 0 Å². The number of nitrogens with zero attached hydrogens (tertiary/aromatic N) is 2. The van der Waals surface area contributed by atoms with Crippen LogP contribution in [-0.4, -0.2) is 49.4 Å². The predicted octanol–water partition coefficient (Wildman–Crippen LogP) is 0.484. The van der Waals surface area contributed by atoms with E-state index in [2.05, 4.69) is 25.7 Å². The quantitative estimate of drug-likeness (QED) is 0.504. The minimum atomic E-state index is 0.506. The highest BCUT2D eigenvalue weighted by Crippen LogP contribution is 2.08. The summed E-state index contributed by atoms with van der Waals surface area (Å²) in [6.45, 7) is 9.86. The normalized spacial score (nSPS) is 29.6. The zero-order chi connectivity index (χ0) is 8.43. The predicted molar refractivity (Wildman–Crippen MR) is 48.6 cm³/mol. The third-order valence-corrected chi connectivity index (χ3v) is 2.44. The second-order valence-electron chi connectivity index (χ2n) is 3.68. The summed E-state index contributed by atoms with van der Waals surface area (Å²) in [6.07, 6.45) is 0. The van der Waals surface area contributed by atoms with E-state index in [9.17, 15) is 0 Å². The fraction of sp³-hybridized carbons (Fsp3) is 1.00. The van der Waals surface area contributed by atoms with E-state index in [1.54, 1.807) is 0 Å². The van der Waals surface area contributed by atoms with Gasteiger partial charge in [-0.25, -0.2) is 0 Å². The van der Waals surface area contributed by atoms with Gasteiger partial charge in [-0.05, 0) is 27.3 Å². The van der Waals surface area contributed by atoms with Crippen molar-refractivity contribution in [1.82, 2.24) is 9.71 Å². The van der Waals surface area contributed by atoms with Gasteiger partial charge in [0.1, 0.15) is 0 Å². The van der Waals surface area contributed by atoms with Gasteiger partial charge in [-0.3, -0.25) is 4.90 Å². The Balaban J connectivity index is 2.40. The first-order valence-corrected chi connectivity index (χ1v) is 4.36. The highest BCUT2D eigenvalue weighted by molar-refractivity contribution is 6.04. The molecule has 1 unspecified atom stereocenters. The Morgan fingerprint density at radius 2 is 2.00 bits per heavy atom. The molecule has 3 heteroatoms. The zero-order valence-corrected chi connectivity index (χ0v) is 7.75. The van der Waals surface area contributed by atoms with Gasteiger partial charge in [0.25, 0.3) is 0 Å². The molecule has 0 saturated carbocycles. The van der Waals surface area contributed by atoms with Gasteiger partial charge in [-0.2, -0.15) is 0 Å². The molecule has 0 aliphatic carbocycles. The SMILES string of the molecule is [B]N1CCN(C(C)C)CC1C. The van der Waals surface area contributed by atoms with E-state index in [0.717, 1.165) is 19.6 Å². The van der Waals surface area contributed by atoms with E-state index in [4.69, 9.17) is 7.98 Å². The van der Waals surface area contributed by atoms with Crippen molar-refractivity contribution in [2.45, 2.75) is 32.9 Å². The van der Waals surface area contributed by atoms with Crippen molar-refractivity contribution in [3.05, 3.63) is 0 Å². The van der Waals surface area contributed by atoms with E-state index >= 15 is 0 Å². The maximum Gasteiger partial charge on any atom is 0.182 e. The van der Waals surface area contributed by atoms with Crippen LogP contribution in [0.5, 0.6) is 0 Å². The van der Waals surface area contributed by atoms with E-state index < -0.39 is 0 Å². The minimum absolute atomic E-state index is 0.506. The maximum absolute atomic E-state index is 5.75. The number of rotatable bonds is 1. The number of hydrogen-bond donors (Lipinski definition) is 0. The van der Waals surface area contributed by atoms with E-state index in [1.165, 1.54) is 0 Å². The standard InChI is InChI=1S/C8H17BN2/c1-7(2)10-4-5-11(9)8(3)6-10/h7-8H,4-6H2,1-3H3. The van der Waals surface area contributed by atoms with Crippen LogP contribution in [0.4, 0.5) is 0 Å². The molecule has 2 radical (unpaired) electrons. The summed E-state index contributed by atoms with van der Waals surface area (Å²) in [5.74, 6) is 0. The van der Waals surface area contributed by atoms with Crippen LogP contribution in [0.2, 0.25) is 0 Å². The Morgan fingerprint density at radius 3 is 2.45 bits per heavy atom. The number of hydrogen-bond acceptors (Lipinski definition) is 2. The third kappa shape index (κ3) is 2.21. The molecule has 62 valence electrons. The fourth-order valence-electron chi connectivity index (χ4n) is 1.47. The van der Waals surface area contributed by atoms with Crippen LogP contribution in [0.3, 0.4) is 0 Å². The Bertz CT molecular complexity index is 127. The molecular weight excluding hydrogens is 135 g/mol. The average molecular weight is 152 g/mol. The summed E-state index contributed by atoms with van der Waals surface area (Å²) in [7, 11) is 5.75. The van der Waals surface area contributed by atoms with Crippen molar-refractivity contribution in [1.29, 1.82) is 0 Å². The van der Waals surface area contributed by atoms with Gasteiger partial charge in [-0.15, -0.1) is 0 Å². The second-order valence-corrected chi connectivity index (χ2v) is 3.68. The molecule has 0 aromatic rings. The lowest BCUT2D eigenvalue weighted by Crippen LogP contribution is -2.52. The molecular formula is C8H17BN2. The summed E-state index contributed by atoms with van der Waals surface area (Å²) in [4.78, 5) is 4.40. The summed E-state index contributed by atoms with van der Waals surface area (Å²) in [5, 5.41) is 0. The Hall–Kier alpha value is -0.0151. The first kappa shape index (κ1) is 9.08. The largest absolute Gasteiger partial charge is 0.349 e. The second kappa shape index (κ2) is 3.59. The molecule has 1 atom stereocenters. The van der Waals surface area contributed by atoms with Gasteiger partial charge >= 0.3 is 0 Å². The summed E-state index contributed by atoms with van der Waals surface area (Å²) < 4.78 is 0. The van der Waals surface area contributed by atoms with Crippen LogP contribution in [0, 0.1) is 0 Å². The van der Waals surface area contributed by atoms with Crippen LogP contribution in [0.15, 0.2) is 0 Å². The fourth-order valence-corrected chi connectivity index (χ4v) is 1.47. The lowest BCUT2D eigenvalue weighted by Gasteiger charge is -2.40. The summed E-state index contributed by atoms with van der Waals surface area (Å²) >= 11 is 0. The van der Waals surface area contributed by atoms with Crippen molar-refractivity contribution in [3.63, 3.8) is 0 Å². The highest BCUT2D eigenvalue weighted by atomic mass is 15.3. The maximum atomic E-state index is 5.75. The smallest absolute Gasteiger partial charge is 0.182 e. The molecule has 0 bridgehead atoms. The Kier molecular flexibility index (Phi) is 2.96. The van der Waals surface area contributed by atoms with Crippen molar-refractivity contribution >= 4 is 7.98 Å². The molecule has 1 heterocycles. The molecule has 0 amide bonds. The molecule has 1 saturated heterocycles. The van der Waals surface area contributed by atoms with Gasteiger partial charge < -0.3 is 4.81 Å². The molecule has 0 aromatic heterocycles. The number of piperazine rings is 1. The Morgan fingerprint density at radius 1 is 1.36 bits per heavy atom. The van der Waals surface area contributed by atoms with Crippen molar-refractivity contribution in [3.8, 4) is 0 Å². The molecule has 11 heavy (non-hydrogen) atoms. The van der Waals surface area contributed by atoms with E-state index in [-0.39, 0.29) is 0 Å². The summed E-state index contributed by atoms with van der Waals surface area (Å²) in [6, 6.07) is 1.16. The zero-order valence-electron chi connectivity index (χ0n) is 7.75. The molecule has 1 rings (SSSR count). The van der Waals surface area contributed by atoms with Gasteiger partial charge in [0.15, 0.2) is 7.98 Å². The lowest BCUT2D eigenvalue weighted by molar-refractivity contribution is 0.118. The summed E-state index contributed by atoms with van der Waals surface area (Å²) in [5.41, 5.74) is 0. The van der Waals surface area contributed by atoms with Crippen molar-refractivity contribution in [2.24, 2.45) is 0 Å². The third-order valence-electron chi connectivity index (χ3n) is 2.44. The van der Waals surface area contributed by atoms with Crippen LogP contribution in [0.1, 0.15) is 20.8 Å². The minimum Gasteiger partial charge on any atom is -0.349 e. The molecule has 1 aliphatic rings. The van der Waals surface area contributed by atoms with Crippen molar-refractivity contribution < 1.29 is 0 Å². The molecule has 2 nitrogen and oxygen atoms in total. The first-order chi connectivity index (χ1) is 5.11. The molecule has 0 N–H and O–H groups in total. The highest BCUT2D eigenvalue weighted by Gasteiger charge is 2.21. The topological polar surface area (TPSA) is 6.48 Å². The monoisotopic (exact) mass is 152 g/mol. The van der Waals surface area contributed by atoms with E-state index in [0.29, 0.717) is 12.1 Å². The van der Waals surface area contributed by atoms with Gasteiger partial charge in [-0.1, -0.05) is 0 Å².